The molecule has 0 atom stereocenters. The maximum absolute atomic E-state index is 11.8. The van der Waals surface area contributed by atoms with Gasteiger partial charge in [0.2, 0.25) is 5.91 Å². The molecular formula is C15H30N2O. The van der Waals surface area contributed by atoms with Crippen molar-refractivity contribution in [3.8, 4) is 0 Å². The molecule has 0 bridgehead atoms. The molecule has 0 heterocycles. The van der Waals surface area contributed by atoms with Crippen molar-refractivity contribution < 1.29 is 4.79 Å². The fraction of sp³-hybridized carbons (Fsp3) is 0.933. The summed E-state index contributed by atoms with van der Waals surface area (Å²) in [5.41, 5.74) is 0.560. The van der Waals surface area contributed by atoms with Gasteiger partial charge in [0.05, 0.1) is 0 Å². The van der Waals surface area contributed by atoms with E-state index in [0.717, 1.165) is 19.4 Å². The second-order valence-corrected chi connectivity index (χ2v) is 7.43. The molecule has 1 amide bonds. The minimum atomic E-state index is 0.0924. The molecule has 106 valence electrons. The highest BCUT2D eigenvalue weighted by atomic mass is 16.1. The van der Waals surface area contributed by atoms with Gasteiger partial charge >= 0.3 is 0 Å². The molecule has 0 saturated heterocycles. The van der Waals surface area contributed by atoms with Crippen molar-refractivity contribution in [3.05, 3.63) is 0 Å². The van der Waals surface area contributed by atoms with E-state index in [9.17, 15) is 4.79 Å². The van der Waals surface area contributed by atoms with Crippen LogP contribution < -0.4 is 10.6 Å². The van der Waals surface area contributed by atoms with Crippen LogP contribution in [0.25, 0.3) is 0 Å². The number of hydrogen-bond donors (Lipinski definition) is 2. The molecule has 0 radical (unpaired) electrons. The van der Waals surface area contributed by atoms with Crippen LogP contribution in [-0.4, -0.2) is 24.0 Å². The quantitative estimate of drug-likeness (QED) is 0.810. The Morgan fingerprint density at radius 3 is 2.28 bits per heavy atom. The Hall–Kier alpha value is -0.570. The largest absolute Gasteiger partial charge is 0.353 e. The van der Waals surface area contributed by atoms with E-state index >= 15 is 0 Å². The monoisotopic (exact) mass is 254 g/mol. The summed E-state index contributed by atoms with van der Waals surface area (Å²) in [6.07, 6.45) is 5.28. The normalized spacial score (nSPS) is 20.7. The maximum Gasteiger partial charge on any atom is 0.221 e. The van der Waals surface area contributed by atoms with Gasteiger partial charge in [-0.1, -0.05) is 13.8 Å². The lowest BCUT2D eigenvalue weighted by molar-refractivity contribution is -0.122. The molecule has 1 rings (SSSR count). The fourth-order valence-corrected chi connectivity index (χ4v) is 2.39. The van der Waals surface area contributed by atoms with Gasteiger partial charge in [-0.25, -0.2) is 0 Å². The molecule has 0 spiro atoms. The van der Waals surface area contributed by atoms with Crippen molar-refractivity contribution >= 4 is 5.91 Å². The van der Waals surface area contributed by atoms with Gasteiger partial charge in [0.25, 0.3) is 0 Å². The number of hydrogen-bond acceptors (Lipinski definition) is 2. The summed E-state index contributed by atoms with van der Waals surface area (Å²) in [4.78, 5) is 11.8. The summed E-state index contributed by atoms with van der Waals surface area (Å²) in [6, 6.07) is 0.403. The molecule has 3 heteroatoms. The van der Waals surface area contributed by atoms with Crippen LogP contribution >= 0.6 is 0 Å². The van der Waals surface area contributed by atoms with Gasteiger partial charge in [0.15, 0.2) is 0 Å². The molecule has 1 aliphatic rings. The highest BCUT2D eigenvalue weighted by Crippen LogP contribution is 2.34. The lowest BCUT2D eigenvalue weighted by Crippen LogP contribution is -2.42. The van der Waals surface area contributed by atoms with E-state index in [-0.39, 0.29) is 11.4 Å². The first-order valence-corrected chi connectivity index (χ1v) is 7.22. The van der Waals surface area contributed by atoms with E-state index in [1.807, 2.05) is 0 Å². The van der Waals surface area contributed by atoms with E-state index in [2.05, 4.69) is 45.3 Å². The molecule has 0 aromatic heterocycles. The number of nitrogens with one attached hydrogen (secondary N) is 2. The van der Waals surface area contributed by atoms with Crippen molar-refractivity contribution in [3.63, 3.8) is 0 Å². The molecule has 3 nitrogen and oxygen atoms in total. The number of rotatable bonds is 4. The van der Waals surface area contributed by atoms with Gasteiger partial charge in [-0.15, -0.1) is 0 Å². The van der Waals surface area contributed by atoms with Crippen LogP contribution in [0.1, 0.15) is 66.7 Å². The molecule has 1 fully saturated rings. The third-order valence-electron chi connectivity index (χ3n) is 3.71. The van der Waals surface area contributed by atoms with E-state index < -0.39 is 0 Å². The highest BCUT2D eigenvalue weighted by Gasteiger charge is 2.27. The van der Waals surface area contributed by atoms with Crippen LogP contribution in [0.3, 0.4) is 0 Å². The average Bonchev–Trinajstić information content (AvgIpc) is 2.19. The lowest BCUT2D eigenvalue weighted by Gasteiger charge is -2.34. The molecule has 2 N–H and O–H groups in total. The molecule has 0 aromatic carbocycles. The average molecular weight is 254 g/mol. The van der Waals surface area contributed by atoms with E-state index in [4.69, 9.17) is 0 Å². The summed E-state index contributed by atoms with van der Waals surface area (Å²) in [5, 5.41) is 6.51. The molecule has 1 saturated carbocycles. The Labute approximate surface area is 112 Å². The smallest absolute Gasteiger partial charge is 0.221 e. The van der Waals surface area contributed by atoms with Crippen molar-refractivity contribution in [1.29, 1.82) is 0 Å². The first-order chi connectivity index (χ1) is 8.18. The van der Waals surface area contributed by atoms with Crippen LogP contribution in [0, 0.1) is 5.41 Å². The predicted octanol–water partition coefficient (Wildman–Crippen LogP) is 2.85. The van der Waals surface area contributed by atoms with Crippen LogP contribution in [0.5, 0.6) is 0 Å². The van der Waals surface area contributed by atoms with Crippen molar-refractivity contribution in [2.75, 3.05) is 6.54 Å². The molecule has 0 unspecified atom stereocenters. The third kappa shape index (κ3) is 6.39. The van der Waals surface area contributed by atoms with Crippen molar-refractivity contribution in [2.24, 2.45) is 5.41 Å². The summed E-state index contributed by atoms with van der Waals surface area (Å²) < 4.78 is 0. The number of amides is 1. The molecular weight excluding hydrogens is 224 g/mol. The zero-order chi connectivity index (χ0) is 13.8. The van der Waals surface area contributed by atoms with Crippen molar-refractivity contribution in [1.82, 2.24) is 10.6 Å². The van der Waals surface area contributed by atoms with E-state index in [0.29, 0.717) is 17.9 Å². The van der Waals surface area contributed by atoms with Crippen molar-refractivity contribution in [2.45, 2.75) is 78.3 Å². The molecule has 0 aromatic rings. The summed E-state index contributed by atoms with van der Waals surface area (Å²) in [7, 11) is 0. The Kier molecular flexibility index (Phi) is 5.20. The van der Waals surface area contributed by atoms with Gasteiger partial charge in [-0.2, -0.15) is 0 Å². The summed E-state index contributed by atoms with van der Waals surface area (Å²) in [6.45, 7) is 11.8. The Morgan fingerprint density at radius 2 is 1.78 bits per heavy atom. The van der Waals surface area contributed by atoms with Crippen LogP contribution in [0.4, 0.5) is 0 Å². The number of carbonyl (C=O) groups is 1. The fourth-order valence-electron chi connectivity index (χ4n) is 2.39. The van der Waals surface area contributed by atoms with Gasteiger partial charge in [0.1, 0.15) is 0 Å². The summed E-state index contributed by atoms with van der Waals surface area (Å²) in [5.74, 6) is 0.191. The highest BCUT2D eigenvalue weighted by molar-refractivity contribution is 5.76. The molecule has 0 aliphatic heterocycles. The standard InChI is InChI=1S/C15H30N2O/c1-14(2,3)16-11-8-13(18)17-12-6-9-15(4,5)10-7-12/h12,16H,6-11H2,1-5H3,(H,17,18). The van der Waals surface area contributed by atoms with Gasteiger partial charge < -0.3 is 10.6 Å². The first kappa shape index (κ1) is 15.5. The van der Waals surface area contributed by atoms with Gasteiger partial charge in [0, 0.05) is 24.5 Å². The number of carbonyl (C=O) groups excluding carboxylic acids is 1. The lowest BCUT2D eigenvalue weighted by atomic mass is 9.75. The van der Waals surface area contributed by atoms with E-state index in [1.54, 1.807) is 0 Å². The van der Waals surface area contributed by atoms with Gasteiger partial charge in [-0.05, 0) is 51.9 Å². The van der Waals surface area contributed by atoms with Crippen LogP contribution in [0.15, 0.2) is 0 Å². The second-order valence-electron chi connectivity index (χ2n) is 7.43. The summed E-state index contributed by atoms with van der Waals surface area (Å²) >= 11 is 0. The third-order valence-corrected chi connectivity index (χ3v) is 3.71. The first-order valence-electron chi connectivity index (χ1n) is 7.22. The minimum Gasteiger partial charge on any atom is -0.353 e. The Balaban J connectivity index is 2.17. The molecule has 1 aliphatic carbocycles. The second kappa shape index (κ2) is 6.05. The van der Waals surface area contributed by atoms with Crippen LogP contribution in [0.2, 0.25) is 0 Å². The maximum atomic E-state index is 11.8. The minimum absolute atomic E-state index is 0.0924. The Bertz CT molecular complexity index is 269. The van der Waals surface area contributed by atoms with E-state index in [1.165, 1.54) is 12.8 Å². The van der Waals surface area contributed by atoms with Gasteiger partial charge in [-0.3, -0.25) is 4.79 Å². The predicted molar refractivity (Wildman–Crippen MR) is 76.6 cm³/mol. The SMILES string of the molecule is CC1(C)CCC(NC(=O)CCNC(C)(C)C)CC1. The zero-order valence-corrected chi connectivity index (χ0v) is 12.7. The molecule has 18 heavy (non-hydrogen) atoms. The van der Waals surface area contributed by atoms with Crippen LogP contribution in [-0.2, 0) is 4.79 Å². The zero-order valence-electron chi connectivity index (χ0n) is 12.7. The Morgan fingerprint density at radius 1 is 1.22 bits per heavy atom. The topological polar surface area (TPSA) is 41.1 Å².